The molecule has 0 aliphatic heterocycles. The Hall–Kier alpha value is -1.34. The molecule has 1 unspecified atom stereocenters. The van der Waals surface area contributed by atoms with E-state index in [0.717, 1.165) is 6.42 Å². The van der Waals surface area contributed by atoms with E-state index in [-0.39, 0.29) is 28.1 Å². The van der Waals surface area contributed by atoms with Crippen LogP contribution in [-0.2, 0) is 26.5 Å². The van der Waals surface area contributed by atoms with E-state index < -0.39 is 23.2 Å². The van der Waals surface area contributed by atoms with Gasteiger partial charge in [0.25, 0.3) is 0 Å². The van der Waals surface area contributed by atoms with Crippen molar-refractivity contribution in [3.63, 3.8) is 0 Å². The van der Waals surface area contributed by atoms with E-state index in [1.807, 2.05) is 0 Å². The molecule has 2 aromatic carbocycles. The zero-order chi connectivity index (χ0) is 16.0. The number of halogens is 2. The van der Waals surface area contributed by atoms with Crippen LogP contribution in [0.25, 0.3) is 16.8 Å². The van der Waals surface area contributed by atoms with Gasteiger partial charge in [-0.15, -0.1) is 24.8 Å². The normalized spacial score (nSPS) is 19.6. The maximum Gasteiger partial charge on any atom is -0.147 e. The van der Waals surface area contributed by atoms with Crippen molar-refractivity contribution < 1.29 is 23.2 Å². The summed E-state index contributed by atoms with van der Waals surface area (Å²) < 4.78 is 4.21. The van der Waals surface area contributed by atoms with Crippen molar-refractivity contribution in [1.29, 1.82) is 0 Å². The van der Waals surface area contributed by atoms with Gasteiger partial charge in [-0.25, -0.2) is 0 Å². The topological polar surface area (TPSA) is 4.93 Å². The Balaban J connectivity index is 0.000000980. The van der Waals surface area contributed by atoms with Crippen LogP contribution in [0.2, 0.25) is 0 Å². The molecular formula is C22H19Cl2NZr. The number of hydrogen-bond acceptors (Lipinski definition) is 0. The van der Waals surface area contributed by atoms with Gasteiger partial charge in [-0.2, -0.15) is 0 Å². The van der Waals surface area contributed by atoms with Crippen LogP contribution >= 0.6 is 24.8 Å². The minimum atomic E-state index is -0.866. The fraction of sp³-hybridized carbons (Fsp3) is 0.0909. The van der Waals surface area contributed by atoms with Gasteiger partial charge >= 0.3 is 154 Å². The van der Waals surface area contributed by atoms with Crippen molar-refractivity contribution in [2.45, 2.75) is 9.67 Å². The molecule has 0 radical (unpaired) electrons. The van der Waals surface area contributed by atoms with Gasteiger partial charge in [0.05, 0.1) is 0 Å². The molecule has 1 aromatic heterocycles. The van der Waals surface area contributed by atoms with Gasteiger partial charge in [0.1, 0.15) is 0 Å². The molecule has 0 fully saturated rings. The maximum atomic E-state index is 2.49. The first kappa shape index (κ1) is 19.4. The second-order valence-electron chi connectivity index (χ2n) is 6.43. The van der Waals surface area contributed by atoms with Crippen LogP contribution in [0.15, 0.2) is 88.5 Å². The Kier molecular flexibility index (Phi) is 5.77. The Morgan fingerprint density at radius 1 is 0.885 bits per heavy atom. The van der Waals surface area contributed by atoms with Crippen LogP contribution in [0.3, 0.4) is 0 Å². The number of nitrogens with zero attached hydrogens (tertiary/aromatic N) is 1. The molecule has 4 heteroatoms. The molecule has 0 saturated heterocycles. The number of hydrogen-bond donors (Lipinski definition) is 0. The number of aromatic nitrogens is 1. The van der Waals surface area contributed by atoms with Crippen molar-refractivity contribution >= 4 is 41.7 Å². The molecule has 130 valence electrons. The fourth-order valence-corrected chi connectivity index (χ4v) is 7.88. The maximum absolute atomic E-state index is 2.49. The summed E-state index contributed by atoms with van der Waals surface area (Å²) in [7, 11) is 0. The predicted octanol–water partition coefficient (Wildman–Crippen LogP) is 6.14. The Labute approximate surface area is 177 Å². The standard InChI is InChI=1S/C17H12N.C5H5.2ClH.Zr/c1-2-7-15-12-18(11-14(15)6-1)17-10-9-13-5-3-4-8-16(13)17;1-2-4-5-3-1;;;/h1-12H;1-3H,4H2;2*1H;. The third-order valence-corrected chi connectivity index (χ3v) is 9.30. The number of allylic oxidation sites excluding steroid dienone is 5. The Morgan fingerprint density at radius 2 is 1.58 bits per heavy atom. The van der Waals surface area contributed by atoms with Crippen molar-refractivity contribution in [2.24, 2.45) is 0 Å². The fourth-order valence-electron chi connectivity index (χ4n) is 3.76. The molecular weight excluding hydrogens is 440 g/mol. The molecule has 0 bridgehead atoms. The zero-order valence-electron chi connectivity index (χ0n) is 14.1. The van der Waals surface area contributed by atoms with E-state index in [2.05, 4.69) is 95.9 Å². The Morgan fingerprint density at radius 3 is 2.27 bits per heavy atom. The first-order valence-electron chi connectivity index (χ1n) is 8.35. The van der Waals surface area contributed by atoms with Crippen LogP contribution < -0.4 is 0 Å². The van der Waals surface area contributed by atoms with E-state index in [4.69, 9.17) is 0 Å². The predicted molar refractivity (Wildman–Crippen MR) is 111 cm³/mol. The molecule has 1 heterocycles. The Bertz CT molecular complexity index is 998. The molecule has 2 aliphatic carbocycles. The van der Waals surface area contributed by atoms with Crippen LogP contribution in [0.5, 0.6) is 0 Å². The smallest absolute Gasteiger partial charge is 0.147 e. The van der Waals surface area contributed by atoms with E-state index in [9.17, 15) is 0 Å². The molecule has 1 nitrogen and oxygen atoms in total. The third-order valence-electron chi connectivity index (χ3n) is 4.96. The minimum absolute atomic E-state index is 0. The van der Waals surface area contributed by atoms with Crippen molar-refractivity contribution in [3.8, 4) is 0 Å². The first-order valence-corrected chi connectivity index (χ1v) is 10.8. The van der Waals surface area contributed by atoms with Crippen LogP contribution in [0.1, 0.15) is 17.5 Å². The summed E-state index contributed by atoms with van der Waals surface area (Å²) in [5.74, 6) is 0. The SMILES string of the molecule is C1=CC[C]([Zr][C]2(n3cc4ccccc4c3)C=Cc3ccccc32)=C1.Cl.Cl. The molecule has 3 aromatic rings. The van der Waals surface area contributed by atoms with Crippen LogP contribution in [-0.4, -0.2) is 4.57 Å². The second kappa shape index (κ2) is 7.73. The summed E-state index contributed by atoms with van der Waals surface area (Å²) in [6.45, 7) is 0. The summed E-state index contributed by atoms with van der Waals surface area (Å²) in [5, 5.41) is 2.65. The van der Waals surface area contributed by atoms with Gasteiger partial charge < -0.3 is 0 Å². The van der Waals surface area contributed by atoms with Gasteiger partial charge in [0.15, 0.2) is 0 Å². The summed E-state index contributed by atoms with van der Waals surface area (Å²) in [6.07, 6.45) is 17.5. The number of benzene rings is 2. The van der Waals surface area contributed by atoms with Crippen molar-refractivity contribution in [3.05, 3.63) is 99.6 Å². The van der Waals surface area contributed by atoms with E-state index in [1.165, 1.54) is 21.9 Å². The quantitative estimate of drug-likeness (QED) is 0.444. The number of rotatable bonds is 3. The van der Waals surface area contributed by atoms with Gasteiger partial charge in [0.2, 0.25) is 0 Å². The molecule has 0 N–H and O–H groups in total. The summed E-state index contributed by atoms with van der Waals surface area (Å²) in [6, 6.07) is 17.6. The first-order chi connectivity index (χ1) is 11.9. The van der Waals surface area contributed by atoms with E-state index >= 15 is 0 Å². The molecule has 1 atom stereocenters. The van der Waals surface area contributed by atoms with Gasteiger partial charge in [0, 0.05) is 0 Å². The van der Waals surface area contributed by atoms with Crippen molar-refractivity contribution in [1.82, 2.24) is 4.57 Å². The molecule has 26 heavy (non-hydrogen) atoms. The van der Waals surface area contributed by atoms with E-state index in [0.29, 0.717) is 0 Å². The molecule has 0 saturated carbocycles. The molecule has 5 rings (SSSR count). The minimum Gasteiger partial charge on any atom is -0.147 e. The third kappa shape index (κ3) is 3.09. The zero-order valence-corrected chi connectivity index (χ0v) is 18.2. The summed E-state index contributed by atoms with van der Waals surface area (Å²) in [4.78, 5) is 0. The number of fused-ring (bicyclic) bond motifs is 2. The van der Waals surface area contributed by atoms with Crippen LogP contribution in [0.4, 0.5) is 0 Å². The van der Waals surface area contributed by atoms with Gasteiger partial charge in [-0.1, -0.05) is 0 Å². The molecule has 0 spiro atoms. The second-order valence-corrected chi connectivity index (χ2v) is 10.5. The monoisotopic (exact) mass is 457 g/mol. The van der Waals surface area contributed by atoms with Crippen molar-refractivity contribution in [2.75, 3.05) is 0 Å². The van der Waals surface area contributed by atoms with Gasteiger partial charge in [-0.05, 0) is 0 Å². The largest absolute Gasteiger partial charge is 0.147 e. The van der Waals surface area contributed by atoms with E-state index in [1.54, 1.807) is 3.28 Å². The van der Waals surface area contributed by atoms with Crippen LogP contribution in [0, 0.1) is 0 Å². The summed E-state index contributed by atoms with van der Waals surface area (Å²) >= 11 is -0.866. The molecule has 0 amide bonds. The molecule has 2 aliphatic rings. The average molecular weight is 460 g/mol. The summed E-state index contributed by atoms with van der Waals surface area (Å²) in [5.41, 5.74) is 2.85. The van der Waals surface area contributed by atoms with Gasteiger partial charge in [-0.3, -0.25) is 0 Å². The average Bonchev–Trinajstić information content (AvgIpc) is 3.34.